The number of fused-ring (bicyclic) bond motifs is 8. The highest BCUT2D eigenvalue weighted by Gasteiger charge is 2.72. The van der Waals surface area contributed by atoms with Crippen LogP contribution in [0, 0.1) is 23.2 Å². The molecule has 2 aliphatic carbocycles. The Morgan fingerprint density at radius 3 is 2.62 bits per heavy atom. The standard InChI is InChI=1S/C38H42N4/c1-3-23-20-40-15-13-37-28-10-6-8-12-31(28)42-22-36(19-26(34(37)42)25(23)17-32(37)40)29-18-33-38(14-16-41(33)21-24(29)4-2)27-9-5-7-11-30(27)39-35(36)38/h5-12,21,23,25,29,32-33H,3-4,13-20,22H2,1-2H3/t23-,25-,29+,32+,33+,36-,37-,38-/m1/s1. The van der Waals surface area contributed by atoms with E-state index in [1.165, 1.54) is 75.1 Å². The highest BCUT2D eigenvalue weighted by atomic mass is 15.3. The highest BCUT2D eigenvalue weighted by Crippen LogP contribution is 2.71. The molecule has 4 bridgehead atoms. The molecule has 1 saturated carbocycles. The predicted molar refractivity (Wildman–Crippen MR) is 168 cm³/mol. The minimum absolute atomic E-state index is 0.0616. The van der Waals surface area contributed by atoms with Crippen molar-refractivity contribution in [3.05, 3.63) is 82.7 Å². The van der Waals surface area contributed by atoms with Crippen molar-refractivity contribution in [2.45, 2.75) is 81.7 Å². The molecule has 8 atom stereocenters. The Balaban J connectivity index is 1.21. The van der Waals surface area contributed by atoms with E-state index in [1.54, 1.807) is 22.5 Å². The Morgan fingerprint density at radius 2 is 1.74 bits per heavy atom. The summed E-state index contributed by atoms with van der Waals surface area (Å²) in [5, 5.41) is 0. The van der Waals surface area contributed by atoms with Gasteiger partial charge in [0.1, 0.15) is 0 Å². The molecular formula is C38H42N4. The molecule has 3 spiro atoms. The third kappa shape index (κ3) is 2.30. The highest BCUT2D eigenvalue weighted by molar-refractivity contribution is 6.09. The smallest absolute Gasteiger partial charge is 0.0672 e. The molecule has 42 heavy (non-hydrogen) atoms. The maximum Gasteiger partial charge on any atom is 0.0672 e. The van der Waals surface area contributed by atoms with Crippen molar-refractivity contribution >= 4 is 17.1 Å². The lowest BCUT2D eigenvalue weighted by Gasteiger charge is -2.62. The second-order valence-corrected chi connectivity index (χ2v) is 15.4. The third-order valence-electron chi connectivity index (χ3n) is 14.5. The van der Waals surface area contributed by atoms with Gasteiger partial charge in [-0.15, -0.1) is 0 Å². The van der Waals surface area contributed by atoms with Crippen molar-refractivity contribution < 1.29 is 0 Å². The van der Waals surface area contributed by atoms with E-state index < -0.39 is 0 Å². The van der Waals surface area contributed by atoms with Crippen molar-refractivity contribution in [1.29, 1.82) is 0 Å². The van der Waals surface area contributed by atoms with Gasteiger partial charge in [0.2, 0.25) is 0 Å². The fourth-order valence-electron chi connectivity index (χ4n) is 13.1. The molecule has 0 unspecified atom stereocenters. The van der Waals surface area contributed by atoms with Crippen LogP contribution in [0.3, 0.4) is 0 Å². The van der Waals surface area contributed by atoms with Crippen molar-refractivity contribution in [1.82, 2.24) is 9.80 Å². The first-order chi connectivity index (χ1) is 20.6. The van der Waals surface area contributed by atoms with Crippen molar-refractivity contribution in [2.75, 3.05) is 31.1 Å². The van der Waals surface area contributed by atoms with Gasteiger partial charge in [0.25, 0.3) is 0 Å². The Morgan fingerprint density at radius 1 is 0.905 bits per heavy atom. The second-order valence-electron chi connectivity index (χ2n) is 15.4. The number of benzene rings is 2. The van der Waals surface area contributed by atoms with Gasteiger partial charge in [-0.25, -0.2) is 0 Å². The van der Waals surface area contributed by atoms with Gasteiger partial charge in [-0.2, -0.15) is 0 Å². The molecular weight excluding hydrogens is 512 g/mol. The van der Waals surface area contributed by atoms with Crippen LogP contribution in [-0.2, 0) is 10.8 Å². The van der Waals surface area contributed by atoms with Gasteiger partial charge in [0, 0.05) is 54.2 Å². The van der Waals surface area contributed by atoms with Crippen LogP contribution in [0.5, 0.6) is 0 Å². The van der Waals surface area contributed by atoms with Gasteiger partial charge >= 0.3 is 0 Å². The summed E-state index contributed by atoms with van der Waals surface area (Å²) in [6, 6.07) is 20.2. The molecule has 4 nitrogen and oxygen atoms in total. The van der Waals surface area contributed by atoms with Crippen LogP contribution >= 0.6 is 0 Å². The Kier molecular flexibility index (Phi) is 4.18. The van der Waals surface area contributed by atoms with E-state index in [4.69, 9.17) is 4.99 Å². The molecule has 7 heterocycles. The number of hydrogen-bond acceptors (Lipinski definition) is 4. The summed E-state index contributed by atoms with van der Waals surface area (Å²) in [4.78, 5) is 14.4. The second kappa shape index (κ2) is 7.44. The molecule has 0 radical (unpaired) electrons. The molecule has 11 rings (SSSR count). The molecule has 214 valence electrons. The van der Waals surface area contributed by atoms with E-state index in [9.17, 15) is 0 Å². The van der Waals surface area contributed by atoms with Crippen LogP contribution in [0.15, 0.2) is 76.6 Å². The average Bonchev–Trinajstić information content (AvgIpc) is 3.79. The van der Waals surface area contributed by atoms with Gasteiger partial charge in [0.05, 0.1) is 16.5 Å². The lowest BCUT2D eigenvalue weighted by Crippen LogP contribution is -2.67. The van der Waals surface area contributed by atoms with E-state index in [0.717, 1.165) is 24.8 Å². The molecule has 0 aromatic heterocycles. The zero-order chi connectivity index (χ0) is 27.6. The largest absolute Gasteiger partial charge is 0.373 e. The average molecular weight is 555 g/mol. The summed E-state index contributed by atoms with van der Waals surface area (Å²) in [6.45, 7) is 9.75. The zero-order valence-corrected chi connectivity index (χ0v) is 25.1. The van der Waals surface area contributed by atoms with Crippen LogP contribution in [0.25, 0.3) is 0 Å². The molecule has 2 aromatic rings. The quantitative estimate of drug-likeness (QED) is 0.401. The summed E-state index contributed by atoms with van der Waals surface area (Å²) in [5.41, 5.74) is 13.3. The van der Waals surface area contributed by atoms with Crippen LogP contribution in [0.2, 0.25) is 0 Å². The number of aliphatic imine (C=N–C) groups is 1. The topological polar surface area (TPSA) is 22.1 Å². The first kappa shape index (κ1) is 23.6. The number of anilines is 1. The van der Waals surface area contributed by atoms with Crippen molar-refractivity contribution in [2.24, 2.45) is 28.2 Å². The van der Waals surface area contributed by atoms with Gasteiger partial charge in [-0.05, 0) is 97.9 Å². The van der Waals surface area contributed by atoms with E-state index >= 15 is 0 Å². The Hall–Kier alpha value is -2.85. The fourth-order valence-corrected chi connectivity index (χ4v) is 13.1. The van der Waals surface area contributed by atoms with Crippen LogP contribution in [0.4, 0.5) is 11.4 Å². The predicted octanol–water partition coefficient (Wildman–Crippen LogP) is 6.95. The van der Waals surface area contributed by atoms with Gasteiger partial charge < -0.3 is 9.80 Å². The number of rotatable bonds is 2. The lowest BCUT2D eigenvalue weighted by atomic mass is 9.46. The minimum Gasteiger partial charge on any atom is -0.373 e. The summed E-state index contributed by atoms with van der Waals surface area (Å²) in [5.74, 6) is 2.09. The molecule has 0 N–H and O–H groups in total. The monoisotopic (exact) mass is 554 g/mol. The molecule has 4 heteroatoms. The zero-order valence-electron chi connectivity index (χ0n) is 25.1. The molecule has 7 aliphatic heterocycles. The van der Waals surface area contributed by atoms with Crippen LogP contribution < -0.4 is 4.90 Å². The summed E-state index contributed by atoms with van der Waals surface area (Å²) < 4.78 is 0. The first-order valence-corrected chi connectivity index (χ1v) is 17.1. The molecule has 0 amide bonds. The minimum atomic E-state index is 0.0616. The van der Waals surface area contributed by atoms with E-state index in [1.807, 2.05) is 5.57 Å². The van der Waals surface area contributed by atoms with E-state index in [2.05, 4.69) is 83.3 Å². The van der Waals surface area contributed by atoms with Gasteiger partial charge in [-0.3, -0.25) is 9.89 Å². The van der Waals surface area contributed by atoms with Crippen LogP contribution in [0.1, 0.15) is 69.9 Å². The number of piperidine rings is 1. The Bertz CT molecular complexity index is 1680. The van der Waals surface area contributed by atoms with E-state index in [-0.39, 0.29) is 16.2 Å². The number of para-hydroxylation sites is 2. The fraction of sp³-hybridized carbons (Fsp3) is 0.553. The molecule has 9 aliphatic rings. The van der Waals surface area contributed by atoms with Crippen molar-refractivity contribution in [3.63, 3.8) is 0 Å². The maximum atomic E-state index is 5.82. The number of nitrogens with zero attached hydrogens (tertiary/aromatic N) is 4. The van der Waals surface area contributed by atoms with Gasteiger partial charge in [-0.1, -0.05) is 62.2 Å². The summed E-state index contributed by atoms with van der Waals surface area (Å²) in [6.07, 6.45) is 11.5. The Labute approximate surface area is 250 Å². The van der Waals surface area contributed by atoms with E-state index in [0.29, 0.717) is 18.0 Å². The number of hydrogen-bond donors (Lipinski definition) is 0. The first-order valence-electron chi connectivity index (χ1n) is 17.1. The normalized spacial score (nSPS) is 42.9. The molecule has 4 fully saturated rings. The lowest BCUT2D eigenvalue weighted by molar-refractivity contribution is 0.0594. The maximum absolute atomic E-state index is 5.82. The summed E-state index contributed by atoms with van der Waals surface area (Å²) >= 11 is 0. The van der Waals surface area contributed by atoms with Gasteiger partial charge in [0.15, 0.2) is 0 Å². The van der Waals surface area contributed by atoms with Crippen molar-refractivity contribution in [3.8, 4) is 0 Å². The molecule has 3 saturated heterocycles. The number of allylic oxidation sites excluding steroid dienone is 2. The molecule has 2 aromatic carbocycles. The third-order valence-corrected chi connectivity index (χ3v) is 14.5. The summed E-state index contributed by atoms with van der Waals surface area (Å²) in [7, 11) is 0. The van der Waals surface area contributed by atoms with Crippen LogP contribution in [-0.4, -0.2) is 53.8 Å². The SMILES string of the molecule is CCC1=CN2CC[C@@]34C(=Nc5ccccc53)[C@@]3(CC5=C6N(C3)c3ccccc3[C@@]63CCN6C[C@@H](CC)[C@H]5C[C@H]63)[C@H]1C[C@H]24.